The molecule has 1 fully saturated rings. The SMILES string of the molecule is COCCNC(=O)c1cc([C@@H]2CCCN(Cc3ccccc3)C2)no1. The minimum Gasteiger partial charge on any atom is -0.383 e. The average Bonchev–Trinajstić information content (AvgIpc) is 3.13. The van der Waals surface area contributed by atoms with Crippen LogP contribution < -0.4 is 5.32 Å². The molecule has 1 aliphatic rings. The van der Waals surface area contributed by atoms with E-state index in [-0.39, 0.29) is 11.7 Å². The van der Waals surface area contributed by atoms with Gasteiger partial charge in [0.1, 0.15) is 0 Å². The van der Waals surface area contributed by atoms with Gasteiger partial charge in [0.15, 0.2) is 0 Å². The van der Waals surface area contributed by atoms with Crippen LogP contribution in [0.5, 0.6) is 0 Å². The van der Waals surface area contributed by atoms with Gasteiger partial charge in [-0.3, -0.25) is 9.69 Å². The Labute approximate surface area is 148 Å². The maximum atomic E-state index is 12.0. The Kier molecular flexibility index (Phi) is 6.19. The van der Waals surface area contributed by atoms with Crippen LogP contribution in [0.2, 0.25) is 0 Å². The van der Waals surface area contributed by atoms with Crippen molar-refractivity contribution in [2.24, 2.45) is 0 Å². The molecule has 0 radical (unpaired) electrons. The van der Waals surface area contributed by atoms with Crippen molar-refractivity contribution in [3.63, 3.8) is 0 Å². The molecule has 1 amide bonds. The predicted octanol–water partition coefficient (Wildman–Crippen LogP) is 2.43. The lowest BCUT2D eigenvalue weighted by atomic mass is 9.94. The number of hydrogen-bond donors (Lipinski definition) is 1. The first kappa shape index (κ1) is 17.6. The van der Waals surface area contributed by atoms with Gasteiger partial charge in [0.25, 0.3) is 5.91 Å². The normalized spacial score (nSPS) is 18.2. The number of likely N-dealkylation sites (tertiary alicyclic amines) is 1. The molecule has 1 aromatic heterocycles. The van der Waals surface area contributed by atoms with Gasteiger partial charge in [-0.05, 0) is 24.9 Å². The Bertz CT molecular complexity index is 672. The first-order chi connectivity index (χ1) is 12.3. The first-order valence-electron chi connectivity index (χ1n) is 8.76. The molecule has 1 atom stereocenters. The zero-order chi connectivity index (χ0) is 17.5. The zero-order valence-corrected chi connectivity index (χ0v) is 14.6. The van der Waals surface area contributed by atoms with Crippen molar-refractivity contribution in [2.75, 3.05) is 33.4 Å². The van der Waals surface area contributed by atoms with E-state index in [2.05, 4.69) is 39.6 Å². The maximum absolute atomic E-state index is 12.0. The van der Waals surface area contributed by atoms with Crippen LogP contribution in [0.1, 0.15) is 40.6 Å². The van der Waals surface area contributed by atoms with Gasteiger partial charge in [-0.1, -0.05) is 35.5 Å². The summed E-state index contributed by atoms with van der Waals surface area (Å²) in [5.41, 5.74) is 2.19. The van der Waals surface area contributed by atoms with E-state index in [9.17, 15) is 4.79 Å². The molecule has 1 N–H and O–H groups in total. The van der Waals surface area contributed by atoms with Gasteiger partial charge in [-0.15, -0.1) is 0 Å². The highest BCUT2D eigenvalue weighted by atomic mass is 16.5. The summed E-state index contributed by atoms with van der Waals surface area (Å²) in [6.45, 7) is 3.91. The van der Waals surface area contributed by atoms with Crippen molar-refractivity contribution in [1.82, 2.24) is 15.4 Å². The van der Waals surface area contributed by atoms with Crippen LogP contribution in [0, 0.1) is 0 Å². The summed E-state index contributed by atoms with van der Waals surface area (Å²) in [5.74, 6) is 0.334. The fourth-order valence-corrected chi connectivity index (χ4v) is 3.22. The van der Waals surface area contributed by atoms with E-state index in [0.717, 1.165) is 38.2 Å². The van der Waals surface area contributed by atoms with Gasteiger partial charge in [0.05, 0.1) is 12.3 Å². The summed E-state index contributed by atoms with van der Waals surface area (Å²) >= 11 is 0. The number of carbonyl (C=O) groups is 1. The van der Waals surface area contributed by atoms with Crippen LogP contribution in [-0.2, 0) is 11.3 Å². The van der Waals surface area contributed by atoms with E-state index < -0.39 is 0 Å². The number of carbonyl (C=O) groups excluding carboxylic acids is 1. The summed E-state index contributed by atoms with van der Waals surface area (Å²) in [6, 6.07) is 12.3. The Hall–Kier alpha value is -2.18. The molecule has 0 saturated carbocycles. The van der Waals surface area contributed by atoms with Crippen LogP contribution in [0.3, 0.4) is 0 Å². The van der Waals surface area contributed by atoms with Gasteiger partial charge >= 0.3 is 0 Å². The van der Waals surface area contributed by atoms with Crippen LogP contribution in [-0.4, -0.2) is 49.3 Å². The van der Waals surface area contributed by atoms with Crippen molar-refractivity contribution in [3.05, 3.63) is 53.4 Å². The third-order valence-electron chi connectivity index (χ3n) is 4.52. The van der Waals surface area contributed by atoms with Crippen LogP contribution in [0.15, 0.2) is 40.9 Å². The molecule has 25 heavy (non-hydrogen) atoms. The summed E-state index contributed by atoms with van der Waals surface area (Å²) in [7, 11) is 1.60. The molecular formula is C19H25N3O3. The molecule has 2 aromatic rings. The molecule has 0 unspecified atom stereocenters. The van der Waals surface area contributed by atoms with Gasteiger partial charge < -0.3 is 14.6 Å². The summed E-state index contributed by atoms with van der Waals surface area (Å²) in [5, 5.41) is 6.89. The predicted molar refractivity (Wildman–Crippen MR) is 94.4 cm³/mol. The lowest BCUT2D eigenvalue weighted by Gasteiger charge is -2.31. The minimum absolute atomic E-state index is 0.243. The van der Waals surface area contributed by atoms with E-state index in [1.54, 1.807) is 13.2 Å². The van der Waals surface area contributed by atoms with Crippen LogP contribution >= 0.6 is 0 Å². The number of rotatable bonds is 7. The summed E-state index contributed by atoms with van der Waals surface area (Å²) in [6.07, 6.45) is 2.20. The molecule has 2 heterocycles. The fraction of sp³-hybridized carbons (Fsp3) is 0.474. The quantitative estimate of drug-likeness (QED) is 0.782. The highest BCUT2D eigenvalue weighted by Crippen LogP contribution is 2.27. The van der Waals surface area contributed by atoms with E-state index in [4.69, 9.17) is 9.26 Å². The van der Waals surface area contributed by atoms with Crippen molar-refractivity contribution in [2.45, 2.75) is 25.3 Å². The van der Waals surface area contributed by atoms with E-state index in [0.29, 0.717) is 19.1 Å². The van der Waals surface area contributed by atoms with Crippen molar-refractivity contribution >= 4 is 5.91 Å². The maximum Gasteiger partial charge on any atom is 0.289 e. The number of aromatic nitrogens is 1. The van der Waals surface area contributed by atoms with E-state index in [1.165, 1.54) is 5.56 Å². The molecule has 1 aliphatic heterocycles. The number of nitrogens with zero attached hydrogens (tertiary/aromatic N) is 2. The smallest absolute Gasteiger partial charge is 0.289 e. The van der Waals surface area contributed by atoms with Crippen molar-refractivity contribution < 1.29 is 14.1 Å². The number of piperidine rings is 1. The third kappa shape index (κ3) is 4.90. The third-order valence-corrected chi connectivity index (χ3v) is 4.52. The first-order valence-corrected chi connectivity index (χ1v) is 8.76. The number of methoxy groups -OCH3 is 1. The molecule has 6 heteroatoms. The molecule has 0 spiro atoms. The molecule has 0 bridgehead atoms. The van der Waals surface area contributed by atoms with Gasteiger partial charge in [-0.2, -0.15) is 0 Å². The molecule has 1 saturated heterocycles. The fourth-order valence-electron chi connectivity index (χ4n) is 3.22. The lowest BCUT2D eigenvalue weighted by molar-refractivity contribution is 0.0900. The zero-order valence-electron chi connectivity index (χ0n) is 14.6. The number of hydrogen-bond acceptors (Lipinski definition) is 5. The second-order valence-electron chi connectivity index (χ2n) is 6.42. The van der Waals surface area contributed by atoms with Gasteiger partial charge in [-0.25, -0.2) is 0 Å². The second kappa shape index (κ2) is 8.78. The summed E-state index contributed by atoms with van der Waals surface area (Å²) in [4.78, 5) is 14.5. The topological polar surface area (TPSA) is 67.6 Å². The highest BCUT2D eigenvalue weighted by Gasteiger charge is 2.25. The molecular weight excluding hydrogens is 318 g/mol. The Morgan fingerprint density at radius 1 is 1.40 bits per heavy atom. The number of ether oxygens (including phenoxy) is 1. The number of nitrogens with one attached hydrogen (secondary N) is 1. The Morgan fingerprint density at radius 2 is 2.24 bits per heavy atom. The minimum atomic E-state index is -0.243. The average molecular weight is 343 g/mol. The Balaban J connectivity index is 1.57. The van der Waals surface area contributed by atoms with Crippen LogP contribution in [0.25, 0.3) is 0 Å². The molecule has 3 rings (SSSR count). The Morgan fingerprint density at radius 3 is 3.04 bits per heavy atom. The molecule has 6 nitrogen and oxygen atoms in total. The van der Waals surface area contributed by atoms with Gasteiger partial charge in [0, 0.05) is 38.7 Å². The standard InChI is InChI=1S/C19H25N3O3/c1-24-11-9-20-19(23)18-12-17(21-25-18)16-8-5-10-22(14-16)13-15-6-3-2-4-7-15/h2-4,6-7,12,16H,5,8-11,13-14H2,1H3,(H,20,23)/t16-/m1/s1. The lowest BCUT2D eigenvalue weighted by Crippen LogP contribution is -2.34. The number of benzene rings is 1. The summed E-state index contributed by atoms with van der Waals surface area (Å²) < 4.78 is 10.2. The molecule has 0 aliphatic carbocycles. The number of amides is 1. The molecule has 1 aromatic carbocycles. The monoisotopic (exact) mass is 343 g/mol. The second-order valence-corrected chi connectivity index (χ2v) is 6.42. The van der Waals surface area contributed by atoms with Crippen molar-refractivity contribution in [1.29, 1.82) is 0 Å². The van der Waals surface area contributed by atoms with Gasteiger partial charge in [0.2, 0.25) is 5.76 Å². The van der Waals surface area contributed by atoms with E-state index in [1.807, 2.05) is 6.07 Å². The van der Waals surface area contributed by atoms with Crippen LogP contribution in [0.4, 0.5) is 0 Å². The largest absolute Gasteiger partial charge is 0.383 e. The van der Waals surface area contributed by atoms with E-state index >= 15 is 0 Å². The highest BCUT2D eigenvalue weighted by molar-refractivity contribution is 5.91. The van der Waals surface area contributed by atoms with Crippen molar-refractivity contribution in [3.8, 4) is 0 Å². The molecule has 134 valence electrons.